The van der Waals surface area contributed by atoms with Gasteiger partial charge in [0, 0.05) is 12.8 Å². The normalized spacial score (nSPS) is 14.0. The average Bonchev–Trinajstić information content (AvgIpc) is 3.06. The van der Waals surface area contributed by atoms with Crippen LogP contribution in [0.5, 0.6) is 0 Å². The van der Waals surface area contributed by atoms with Crippen LogP contribution in [0.25, 0.3) is 0 Å². The van der Waals surface area contributed by atoms with Crippen molar-refractivity contribution in [1.29, 1.82) is 0 Å². The number of hydrogen-bond donors (Lipinski definition) is 0. The number of nitrogens with zero attached hydrogens (tertiary/aromatic N) is 1. The van der Waals surface area contributed by atoms with E-state index in [0.29, 0.717) is 17.4 Å². The number of carbonyl (C=O) groups is 2. The zero-order valence-corrected chi connectivity index (χ0v) is 33.7. The van der Waals surface area contributed by atoms with Crippen molar-refractivity contribution in [3.05, 3.63) is 24.3 Å². The lowest BCUT2D eigenvalue weighted by molar-refractivity contribution is -0.870. The van der Waals surface area contributed by atoms with Crippen LogP contribution in [0, 0.1) is 0 Å². The zero-order chi connectivity index (χ0) is 37.2. The van der Waals surface area contributed by atoms with Crippen LogP contribution in [0.2, 0.25) is 0 Å². The maximum absolute atomic E-state index is 12.6. The van der Waals surface area contributed by atoms with Gasteiger partial charge in [0.15, 0.2) is 6.10 Å². The Morgan fingerprint density at radius 2 is 1.08 bits per heavy atom. The van der Waals surface area contributed by atoms with Gasteiger partial charge in [-0.1, -0.05) is 134 Å². The third-order valence-electron chi connectivity index (χ3n) is 8.47. The van der Waals surface area contributed by atoms with Gasteiger partial charge in [0.1, 0.15) is 19.8 Å². The summed E-state index contributed by atoms with van der Waals surface area (Å²) in [5.41, 5.74) is 0. The molecule has 0 rings (SSSR count). The number of phosphoric acid groups is 1. The van der Waals surface area contributed by atoms with Crippen LogP contribution in [0.1, 0.15) is 168 Å². The molecule has 0 aromatic rings. The minimum Gasteiger partial charge on any atom is -0.756 e. The third-order valence-corrected chi connectivity index (χ3v) is 9.44. The van der Waals surface area contributed by atoms with Gasteiger partial charge in [-0.2, -0.15) is 0 Å². The van der Waals surface area contributed by atoms with Gasteiger partial charge >= 0.3 is 11.9 Å². The molecule has 9 nitrogen and oxygen atoms in total. The van der Waals surface area contributed by atoms with E-state index in [1.807, 2.05) is 21.1 Å². The molecule has 0 aromatic carbocycles. The van der Waals surface area contributed by atoms with Gasteiger partial charge in [0.05, 0.1) is 27.7 Å². The van der Waals surface area contributed by atoms with E-state index in [2.05, 4.69) is 38.2 Å². The lowest BCUT2D eigenvalue weighted by atomic mass is 10.1. The maximum Gasteiger partial charge on any atom is 0.306 e. The number of rotatable bonds is 36. The molecule has 0 saturated carbocycles. The first-order valence-corrected chi connectivity index (χ1v) is 21.5. The fraction of sp³-hybridized carbons (Fsp3) is 0.850. The van der Waals surface area contributed by atoms with Crippen molar-refractivity contribution in [3.63, 3.8) is 0 Å². The molecule has 0 radical (unpaired) electrons. The number of phosphoric ester groups is 1. The molecule has 0 spiro atoms. The predicted molar refractivity (Wildman–Crippen MR) is 204 cm³/mol. The van der Waals surface area contributed by atoms with Crippen molar-refractivity contribution in [2.24, 2.45) is 0 Å². The SMILES string of the molecule is CCCCCC/C=C\C/C=C\CCCCCCCC(=O)OC(COC(=O)CCCCCCCCCCCC)COP(=O)([O-])OCC[N+](C)(C)C. The Morgan fingerprint density at radius 3 is 1.60 bits per heavy atom. The average molecular weight is 730 g/mol. The molecule has 10 heteroatoms. The zero-order valence-electron chi connectivity index (χ0n) is 32.8. The highest BCUT2D eigenvalue weighted by Crippen LogP contribution is 2.38. The molecule has 0 amide bonds. The summed E-state index contributed by atoms with van der Waals surface area (Å²) in [5.74, 6) is -0.850. The lowest BCUT2D eigenvalue weighted by Crippen LogP contribution is -2.37. The van der Waals surface area contributed by atoms with E-state index in [1.165, 1.54) is 77.0 Å². The van der Waals surface area contributed by atoms with E-state index in [4.69, 9.17) is 18.5 Å². The monoisotopic (exact) mass is 730 g/mol. The largest absolute Gasteiger partial charge is 0.756 e. The first-order chi connectivity index (χ1) is 24.0. The Bertz CT molecular complexity index is 918. The predicted octanol–water partition coefficient (Wildman–Crippen LogP) is 10.2. The quantitative estimate of drug-likeness (QED) is 0.0206. The number of allylic oxidation sites excluding steroid dienone is 4. The number of ether oxygens (including phenoxy) is 2. The summed E-state index contributed by atoms with van der Waals surface area (Å²) >= 11 is 0. The molecule has 0 N–H and O–H groups in total. The number of likely N-dealkylation sites (N-methyl/N-ethyl adjacent to an activating group) is 1. The topological polar surface area (TPSA) is 111 Å². The second-order valence-corrected chi connectivity index (χ2v) is 16.1. The highest BCUT2D eigenvalue weighted by atomic mass is 31.2. The maximum atomic E-state index is 12.6. The van der Waals surface area contributed by atoms with Crippen molar-refractivity contribution in [3.8, 4) is 0 Å². The highest BCUT2D eigenvalue weighted by molar-refractivity contribution is 7.45. The van der Waals surface area contributed by atoms with Crippen LogP contribution in [-0.2, 0) is 32.7 Å². The van der Waals surface area contributed by atoms with E-state index >= 15 is 0 Å². The number of unbranched alkanes of at least 4 members (excludes halogenated alkanes) is 18. The van der Waals surface area contributed by atoms with Gasteiger partial charge in [0.25, 0.3) is 7.82 Å². The molecule has 294 valence electrons. The smallest absolute Gasteiger partial charge is 0.306 e. The van der Waals surface area contributed by atoms with Gasteiger partial charge in [-0.25, -0.2) is 0 Å². The molecule has 0 aliphatic rings. The minimum atomic E-state index is -4.62. The second kappa shape index (κ2) is 33.3. The first kappa shape index (κ1) is 48.5. The number of quaternary nitrogens is 1. The number of carbonyl (C=O) groups excluding carboxylic acids is 2. The Morgan fingerprint density at radius 1 is 0.620 bits per heavy atom. The van der Waals surface area contributed by atoms with Gasteiger partial charge in [0.2, 0.25) is 0 Å². The Hall–Kier alpha value is -1.51. The molecule has 0 aliphatic heterocycles. The molecule has 50 heavy (non-hydrogen) atoms. The molecule has 0 saturated heterocycles. The van der Waals surface area contributed by atoms with E-state index in [9.17, 15) is 19.0 Å². The summed E-state index contributed by atoms with van der Waals surface area (Å²) in [4.78, 5) is 37.3. The number of hydrogen-bond acceptors (Lipinski definition) is 8. The van der Waals surface area contributed by atoms with Crippen LogP contribution < -0.4 is 4.89 Å². The van der Waals surface area contributed by atoms with Crippen LogP contribution in [0.3, 0.4) is 0 Å². The van der Waals surface area contributed by atoms with Crippen molar-refractivity contribution >= 4 is 19.8 Å². The second-order valence-electron chi connectivity index (χ2n) is 14.7. The fourth-order valence-corrected chi connectivity index (χ4v) is 6.00. The van der Waals surface area contributed by atoms with Crippen molar-refractivity contribution in [2.45, 2.75) is 174 Å². The number of esters is 2. The van der Waals surface area contributed by atoms with Gasteiger partial charge in [-0.05, 0) is 44.9 Å². The van der Waals surface area contributed by atoms with Gasteiger partial charge in [-0.15, -0.1) is 0 Å². The summed E-state index contributed by atoms with van der Waals surface area (Å²) in [6.07, 6.45) is 33.4. The highest BCUT2D eigenvalue weighted by Gasteiger charge is 2.21. The van der Waals surface area contributed by atoms with E-state index in [0.717, 1.165) is 57.8 Å². The van der Waals surface area contributed by atoms with Gasteiger partial charge < -0.3 is 27.9 Å². The summed E-state index contributed by atoms with van der Waals surface area (Å²) < 4.78 is 33.7. The lowest BCUT2D eigenvalue weighted by Gasteiger charge is -2.28. The molecule has 2 unspecified atom stereocenters. The van der Waals surface area contributed by atoms with Crippen LogP contribution in [0.4, 0.5) is 0 Å². The molecule has 0 heterocycles. The van der Waals surface area contributed by atoms with Crippen LogP contribution >= 0.6 is 7.82 Å². The van der Waals surface area contributed by atoms with E-state index in [-0.39, 0.29) is 32.0 Å². The van der Waals surface area contributed by atoms with Crippen molar-refractivity contribution < 1.29 is 42.1 Å². The Kier molecular flexibility index (Phi) is 32.3. The summed E-state index contributed by atoms with van der Waals surface area (Å²) in [6, 6.07) is 0. The molecule has 0 aromatic heterocycles. The van der Waals surface area contributed by atoms with Gasteiger partial charge in [-0.3, -0.25) is 14.2 Å². The van der Waals surface area contributed by atoms with Crippen molar-refractivity contribution in [1.82, 2.24) is 0 Å². The molecular weight excluding hydrogens is 653 g/mol. The summed E-state index contributed by atoms with van der Waals surface area (Å²) in [6.45, 7) is 4.17. The first-order valence-electron chi connectivity index (χ1n) is 20.0. The third kappa shape index (κ3) is 36.3. The molecule has 0 aliphatic carbocycles. The molecule has 0 bridgehead atoms. The molecule has 0 fully saturated rings. The fourth-order valence-electron chi connectivity index (χ4n) is 5.27. The standard InChI is InChI=1S/C40H76NO8P/c1-6-8-10-12-14-16-18-19-20-21-22-23-25-27-29-31-33-40(43)49-38(37-48-50(44,45)47-35-34-41(3,4)5)36-46-39(42)32-30-28-26-24-17-15-13-11-9-7-2/h16,18,20-21,38H,6-15,17,19,22-37H2,1-5H3/b18-16-,21-20-. The Labute approximate surface area is 307 Å². The summed E-state index contributed by atoms with van der Waals surface area (Å²) in [5, 5.41) is 0. The summed E-state index contributed by atoms with van der Waals surface area (Å²) in [7, 11) is 1.16. The minimum absolute atomic E-state index is 0.0323. The van der Waals surface area contributed by atoms with Crippen LogP contribution in [-0.4, -0.2) is 70.0 Å². The molecule has 2 atom stereocenters. The van der Waals surface area contributed by atoms with Crippen molar-refractivity contribution in [2.75, 3.05) is 47.5 Å². The Balaban J connectivity index is 4.43. The van der Waals surface area contributed by atoms with E-state index in [1.54, 1.807) is 0 Å². The molecular formula is C40H76NO8P. The van der Waals surface area contributed by atoms with Crippen LogP contribution in [0.15, 0.2) is 24.3 Å². The van der Waals surface area contributed by atoms with E-state index < -0.39 is 26.5 Å².